The van der Waals surface area contributed by atoms with Crippen molar-refractivity contribution in [2.75, 3.05) is 26.2 Å². The van der Waals surface area contributed by atoms with Crippen LogP contribution in [-0.4, -0.2) is 57.8 Å². The number of carbonyl (C=O) groups excluding carboxylic acids is 2. The number of Topliss-reactive ketones (excluding diaryl/α,β-unsaturated/α-hetero) is 1. The molecule has 0 aliphatic carbocycles. The average molecular weight is 397 g/mol. The Hall–Kier alpha value is -3.06. The van der Waals surface area contributed by atoms with E-state index in [1.165, 1.54) is 29.2 Å². The number of halogens is 1. The largest absolute Gasteiger partial charge is 0.507 e. The molecular weight excluding hydrogens is 373 g/mol. The maximum atomic E-state index is 13.3. The van der Waals surface area contributed by atoms with Crippen molar-refractivity contribution >= 4 is 17.4 Å². The molecule has 1 N–H and O–H groups in total. The van der Waals surface area contributed by atoms with Crippen LogP contribution in [0.3, 0.4) is 0 Å². The number of rotatable bonds is 7. The summed E-state index contributed by atoms with van der Waals surface area (Å²) in [6, 6.07) is 7.89. The molecule has 1 atom stereocenters. The minimum absolute atomic E-state index is 0.00681. The second-order valence-electron chi connectivity index (χ2n) is 6.81. The van der Waals surface area contributed by atoms with Crippen LogP contribution in [0.15, 0.2) is 54.4 Å². The number of aliphatic hydroxyl groups is 1. The Balaban J connectivity index is 2.06. The number of benzene rings is 1. The summed E-state index contributed by atoms with van der Waals surface area (Å²) in [5, 5.41) is 10.9. The zero-order chi connectivity index (χ0) is 21.0. The van der Waals surface area contributed by atoms with Crippen molar-refractivity contribution in [2.24, 2.45) is 0 Å². The number of aliphatic hydroxyl groups excluding tert-OH is 1. The number of likely N-dealkylation sites (N-methyl/N-ethyl adjacent to an activating group) is 1. The van der Waals surface area contributed by atoms with Crippen LogP contribution in [0.2, 0.25) is 0 Å². The Morgan fingerprint density at radius 1 is 1.10 bits per heavy atom. The fourth-order valence-electron chi connectivity index (χ4n) is 3.56. The number of nitrogens with zero attached hydrogens (tertiary/aromatic N) is 3. The molecule has 0 radical (unpaired) electrons. The van der Waals surface area contributed by atoms with Gasteiger partial charge in [-0.1, -0.05) is 13.8 Å². The smallest absolute Gasteiger partial charge is 0.295 e. The van der Waals surface area contributed by atoms with Gasteiger partial charge in [0.25, 0.3) is 11.7 Å². The summed E-state index contributed by atoms with van der Waals surface area (Å²) in [6.45, 7) is 6.68. The molecule has 1 aliphatic rings. The van der Waals surface area contributed by atoms with E-state index in [2.05, 4.69) is 9.88 Å². The molecule has 1 aromatic carbocycles. The Morgan fingerprint density at radius 2 is 1.72 bits per heavy atom. The summed E-state index contributed by atoms with van der Waals surface area (Å²) in [6.07, 6.45) is 3.16. The van der Waals surface area contributed by atoms with Gasteiger partial charge in [-0.2, -0.15) is 0 Å². The third kappa shape index (κ3) is 4.19. The lowest BCUT2D eigenvalue weighted by Gasteiger charge is -2.28. The fraction of sp³-hybridized carbons (Fsp3) is 0.318. The molecule has 2 aromatic rings. The number of hydrogen-bond donors (Lipinski definition) is 1. The highest BCUT2D eigenvalue weighted by molar-refractivity contribution is 6.46. The lowest BCUT2D eigenvalue weighted by molar-refractivity contribution is -0.140. The van der Waals surface area contributed by atoms with E-state index in [0.29, 0.717) is 18.7 Å². The number of aromatic nitrogens is 1. The van der Waals surface area contributed by atoms with Crippen molar-refractivity contribution in [1.82, 2.24) is 14.8 Å². The highest BCUT2D eigenvalue weighted by atomic mass is 19.1. The number of amides is 1. The topological polar surface area (TPSA) is 73.7 Å². The zero-order valence-electron chi connectivity index (χ0n) is 16.5. The normalized spacial score (nSPS) is 18.6. The molecule has 7 heteroatoms. The lowest BCUT2D eigenvalue weighted by atomic mass is 9.96. The van der Waals surface area contributed by atoms with E-state index in [1.54, 1.807) is 24.5 Å². The number of hydrogen-bond acceptors (Lipinski definition) is 5. The SMILES string of the molecule is CCN(CC)CCN1C(=O)C(=O)C(=C(O)c2ccc(F)cc2)[C@H]1c1ccncc1. The van der Waals surface area contributed by atoms with E-state index >= 15 is 0 Å². The Kier molecular flexibility index (Phi) is 6.39. The Bertz CT molecular complexity index is 909. The van der Waals surface area contributed by atoms with Gasteiger partial charge in [0.2, 0.25) is 0 Å². The quantitative estimate of drug-likeness (QED) is 0.442. The first-order valence-electron chi connectivity index (χ1n) is 9.64. The van der Waals surface area contributed by atoms with Crippen molar-refractivity contribution in [1.29, 1.82) is 0 Å². The molecule has 3 rings (SSSR count). The van der Waals surface area contributed by atoms with Crippen molar-refractivity contribution in [3.8, 4) is 0 Å². The monoisotopic (exact) mass is 397 g/mol. The molecule has 1 aliphatic heterocycles. The third-order valence-corrected chi connectivity index (χ3v) is 5.23. The molecule has 1 fully saturated rings. The van der Waals surface area contributed by atoms with Gasteiger partial charge < -0.3 is 14.9 Å². The summed E-state index contributed by atoms with van der Waals surface area (Å²) in [5.74, 6) is -2.15. The first kappa shape index (κ1) is 20.7. The van der Waals surface area contributed by atoms with Crippen LogP contribution in [0.25, 0.3) is 5.76 Å². The summed E-state index contributed by atoms with van der Waals surface area (Å²) >= 11 is 0. The Morgan fingerprint density at radius 3 is 2.31 bits per heavy atom. The van der Waals surface area contributed by atoms with Crippen LogP contribution in [0, 0.1) is 5.82 Å². The third-order valence-electron chi connectivity index (χ3n) is 5.23. The first-order valence-corrected chi connectivity index (χ1v) is 9.64. The first-order chi connectivity index (χ1) is 14.0. The van der Waals surface area contributed by atoms with Crippen molar-refractivity contribution < 1.29 is 19.1 Å². The van der Waals surface area contributed by atoms with Crippen molar-refractivity contribution in [3.05, 3.63) is 71.3 Å². The van der Waals surface area contributed by atoms with Gasteiger partial charge in [0.1, 0.15) is 11.6 Å². The van der Waals surface area contributed by atoms with Crippen molar-refractivity contribution in [3.63, 3.8) is 0 Å². The summed E-state index contributed by atoms with van der Waals surface area (Å²) < 4.78 is 13.3. The van der Waals surface area contributed by atoms with E-state index < -0.39 is 23.5 Å². The molecule has 0 saturated carbocycles. The minimum Gasteiger partial charge on any atom is -0.507 e. The number of ketones is 1. The van der Waals surface area contributed by atoms with Gasteiger partial charge in [0, 0.05) is 31.0 Å². The molecule has 0 bridgehead atoms. The predicted octanol–water partition coefficient (Wildman–Crippen LogP) is 2.98. The second kappa shape index (κ2) is 8.96. The molecular formula is C22H24FN3O3. The number of pyridine rings is 1. The maximum Gasteiger partial charge on any atom is 0.295 e. The lowest BCUT2D eigenvalue weighted by Crippen LogP contribution is -2.38. The molecule has 1 saturated heterocycles. The molecule has 152 valence electrons. The van der Waals surface area contributed by atoms with E-state index in [1.807, 2.05) is 13.8 Å². The minimum atomic E-state index is -0.742. The average Bonchev–Trinajstić information content (AvgIpc) is 3.00. The standard InChI is InChI=1S/C22H24FN3O3/c1-3-25(4-2)13-14-26-19(15-9-11-24-12-10-15)18(21(28)22(26)29)20(27)16-5-7-17(23)8-6-16/h5-12,19,27H,3-4,13-14H2,1-2H3/t19-/m1/s1. The summed E-state index contributed by atoms with van der Waals surface area (Å²) in [5.41, 5.74) is 0.974. The predicted molar refractivity (Wildman–Crippen MR) is 107 cm³/mol. The van der Waals surface area contributed by atoms with Crippen LogP contribution >= 0.6 is 0 Å². The van der Waals surface area contributed by atoms with Crippen LogP contribution in [-0.2, 0) is 9.59 Å². The van der Waals surface area contributed by atoms with Gasteiger partial charge >= 0.3 is 0 Å². The van der Waals surface area contributed by atoms with E-state index in [0.717, 1.165) is 13.1 Å². The highest BCUT2D eigenvalue weighted by Gasteiger charge is 2.45. The van der Waals surface area contributed by atoms with Gasteiger partial charge in [-0.25, -0.2) is 4.39 Å². The van der Waals surface area contributed by atoms with Gasteiger partial charge in [0.05, 0.1) is 11.6 Å². The van der Waals surface area contributed by atoms with E-state index in [4.69, 9.17) is 0 Å². The highest BCUT2D eigenvalue weighted by Crippen LogP contribution is 2.39. The zero-order valence-corrected chi connectivity index (χ0v) is 16.5. The fourth-order valence-corrected chi connectivity index (χ4v) is 3.56. The van der Waals surface area contributed by atoms with Gasteiger partial charge in [-0.05, 0) is 55.1 Å². The van der Waals surface area contributed by atoms with Gasteiger partial charge in [0.15, 0.2) is 0 Å². The molecule has 29 heavy (non-hydrogen) atoms. The van der Waals surface area contributed by atoms with Crippen LogP contribution < -0.4 is 0 Å². The maximum absolute atomic E-state index is 13.3. The van der Waals surface area contributed by atoms with E-state index in [-0.39, 0.29) is 16.9 Å². The van der Waals surface area contributed by atoms with Gasteiger partial charge in [-0.3, -0.25) is 14.6 Å². The number of carbonyl (C=O) groups is 2. The van der Waals surface area contributed by atoms with Crippen LogP contribution in [0.5, 0.6) is 0 Å². The van der Waals surface area contributed by atoms with Gasteiger partial charge in [-0.15, -0.1) is 0 Å². The van der Waals surface area contributed by atoms with Crippen LogP contribution in [0.4, 0.5) is 4.39 Å². The summed E-state index contributed by atoms with van der Waals surface area (Å²) in [4.78, 5) is 33.3. The van der Waals surface area contributed by atoms with Crippen LogP contribution in [0.1, 0.15) is 31.0 Å². The molecule has 6 nitrogen and oxygen atoms in total. The molecule has 1 aromatic heterocycles. The van der Waals surface area contributed by atoms with E-state index in [9.17, 15) is 19.1 Å². The Labute approximate surface area is 169 Å². The molecule has 1 amide bonds. The number of likely N-dealkylation sites (tertiary alicyclic amines) is 1. The molecule has 0 spiro atoms. The summed E-state index contributed by atoms with van der Waals surface area (Å²) in [7, 11) is 0. The second-order valence-corrected chi connectivity index (χ2v) is 6.81. The molecule has 2 heterocycles. The molecule has 0 unspecified atom stereocenters. The van der Waals surface area contributed by atoms with Crippen molar-refractivity contribution in [2.45, 2.75) is 19.9 Å².